The van der Waals surface area contributed by atoms with Crippen LogP contribution in [0.3, 0.4) is 0 Å². The predicted molar refractivity (Wildman–Crippen MR) is 107 cm³/mol. The molecule has 1 saturated heterocycles. The molecule has 2 aliphatic rings. The Labute approximate surface area is 161 Å². The lowest BCUT2D eigenvalue weighted by molar-refractivity contribution is 0.170. The molecule has 0 N–H and O–H groups in total. The van der Waals surface area contributed by atoms with Crippen molar-refractivity contribution in [2.24, 2.45) is 0 Å². The molecule has 27 heavy (non-hydrogen) atoms. The lowest BCUT2D eigenvalue weighted by atomic mass is 10.1. The Morgan fingerprint density at radius 3 is 2.37 bits per heavy atom. The molecule has 4 rings (SSSR count). The van der Waals surface area contributed by atoms with Gasteiger partial charge in [-0.05, 0) is 37.1 Å². The number of aryl methyl sites for hydroxylation is 2. The minimum absolute atomic E-state index is 0.625. The van der Waals surface area contributed by atoms with Crippen LogP contribution in [0.15, 0.2) is 36.4 Å². The van der Waals surface area contributed by atoms with E-state index in [-0.39, 0.29) is 0 Å². The van der Waals surface area contributed by atoms with Crippen LogP contribution in [-0.2, 0) is 0 Å². The molecule has 0 bridgehead atoms. The molecule has 0 aliphatic carbocycles. The first kappa shape index (κ1) is 18.0. The van der Waals surface area contributed by atoms with Gasteiger partial charge in [-0.2, -0.15) is 0 Å². The molecule has 2 aromatic rings. The van der Waals surface area contributed by atoms with Crippen molar-refractivity contribution < 1.29 is 14.2 Å². The standard InChI is InChI=1S/C22H28N2O3/c1-17-5-3-6-18(2)21(17)26-14-13-23-9-11-24(12-10-23)19-7-4-8-20-22(19)27-16-15-25-20/h3-8H,9-16H2,1-2H3. The number of para-hydroxylation sites is 2. The third kappa shape index (κ3) is 3.98. The molecule has 0 atom stereocenters. The maximum absolute atomic E-state index is 6.06. The summed E-state index contributed by atoms with van der Waals surface area (Å²) in [6, 6.07) is 12.5. The summed E-state index contributed by atoms with van der Waals surface area (Å²) in [6.45, 7) is 11.2. The van der Waals surface area contributed by atoms with E-state index in [0.717, 1.165) is 62.3 Å². The van der Waals surface area contributed by atoms with Crippen molar-refractivity contribution in [1.29, 1.82) is 0 Å². The first-order chi connectivity index (χ1) is 13.2. The first-order valence-electron chi connectivity index (χ1n) is 9.77. The molecule has 2 heterocycles. The topological polar surface area (TPSA) is 34.2 Å². The first-order valence-corrected chi connectivity index (χ1v) is 9.77. The van der Waals surface area contributed by atoms with Gasteiger partial charge in [-0.25, -0.2) is 0 Å². The number of rotatable bonds is 5. The van der Waals surface area contributed by atoms with Gasteiger partial charge in [0.2, 0.25) is 0 Å². The van der Waals surface area contributed by atoms with E-state index in [4.69, 9.17) is 14.2 Å². The SMILES string of the molecule is Cc1cccc(C)c1OCCN1CCN(c2cccc3c2OCCO3)CC1. The molecule has 144 valence electrons. The van der Waals surface area contributed by atoms with Gasteiger partial charge in [0.15, 0.2) is 11.5 Å². The van der Waals surface area contributed by atoms with Gasteiger partial charge in [-0.15, -0.1) is 0 Å². The summed E-state index contributed by atoms with van der Waals surface area (Å²) < 4.78 is 17.6. The van der Waals surface area contributed by atoms with Crippen LogP contribution in [0.1, 0.15) is 11.1 Å². The highest BCUT2D eigenvalue weighted by molar-refractivity contribution is 5.65. The van der Waals surface area contributed by atoms with Crippen LogP contribution in [0.5, 0.6) is 17.2 Å². The zero-order chi connectivity index (χ0) is 18.6. The molecule has 2 aromatic carbocycles. The molecule has 0 radical (unpaired) electrons. The van der Waals surface area contributed by atoms with Gasteiger partial charge in [-0.1, -0.05) is 24.3 Å². The average molecular weight is 368 g/mol. The number of nitrogens with zero attached hydrogens (tertiary/aromatic N) is 2. The van der Waals surface area contributed by atoms with Crippen LogP contribution in [-0.4, -0.2) is 57.4 Å². The number of hydrogen-bond donors (Lipinski definition) is 0. The van der Waals surface area contributed by atoms with Gasteiger partial charge in [0.05, 0.1) is 5.69 Å². The van der Waals surface area contributed by atoms with Gasteiger partial charge in [0, 0.05) is 32.7 Å². The fraction of sp³-hybridized carbons (Fsp3) is 0.455. The summed E-state index contributed by atoms with van der Waals surface area (Å²) in [7, 11) is 0. The van der Waals surface area contributed by atoms with Crippen LogP contribution in [0.25, 0.3) is 0 Å². The van der Waals surface area contributed by atoms with Crippen molar-refractivity contribution in [2.75, 3.05) is 57.4 Å². The van der Waals surface area contributed by atoms with E-state index in [2.05, 4.69) is 47.9 Å². The van der Waals surface area contributed by atoms with E-state index in [1.54, 1.807) is 0 Å². The van der Waals surface area contributed by atoms with Crippen LogP contribution in [0, 0.1) is 13.8 Å². The average Bonchev–Trinajstić information content (AvgIpc) is 2.70. The third-order valence-corrected chi connectivity index (χ3v) is 5.32. The summed E-state index contributed by atoms with van der Waals surface area (Å²) in [5.41, 5.74) is 3.56. The fourth-order valence-corrected chi connectivity index (χ4v) is 3.82. The molecule has 2 aliphatic heterocycles. The molecule has 0 amide bonds. The van der Waals surface area contributed by atoms with Gasteiger partial charge < -0.3 is 19.1 Å². The van der Waals surface area contributed by atoms with Crippen molar-refractivity contribution in [3.05, 3.63) is 47.5 Å². The highest BCUT2D eigenvalue weighted by atomic mass is 16.6. The maximum atomic E-state index is 6.06. The monoisotopic (exact) mass is 368 g/mol. The molecule has 0 aromatic heterocycles. The van der Waals surface area contributed by atoms with Crippen LogP contribution >= 0.6 is 0 Å². The van der Waals surface area contributed by atoms with Crippen molar-refractivity contribution in [3.63, 3.8) is 0 Å². The van der Waals surface area contributed by atoms with Crippen molar-refractivity contribution in [1.82, 2.24) is 4.90 Å². The Morgan fingerprint density at radius 2 is 1.59 bits per heavy atom. The second-order valence-corrected chi connectivity index (χ2v) is 7.20. The Bertz CT molecular complexity index is 765. The fourth-order valence-electron chi connectivity index (χ4n) is 3.82. The van der Waals surface area contributed by atoms with Crippen molar-refractivity contribution >= 4 is 5.69 Å². The number of benzene rings is 2. The molecule has 0 saturated carbocycles. The number of hydrogen-bond acceptors (Lipinski definition) is 5. The van der Waals surface area contributed by atoms with E-state index in [9.17, 15) is 0 Å². The Kier molecular flexibility index (Phi) is 5.39. The minimum atomic E-state index is 0.625. The number of piperazine rings is 1. The normalized spacial score (nSPS) is 17.0. The lowest BCUT2D eigenvalue weighted by Crippen LogP contribution is -2.47. The third-order valence-electron chi connectivity index (χ3n) is 5.32. The smallest absolute Gasteiger partial charge is 0.184 e. The largest absolute Gasteiger partial charge is 0.492 e. The zero-order valence-corrected chi connectivity index (χ0v) is 16.2. The highest BCUT2D eigenvalue weighted by Gasteiger charge is 2.23. The van der Waals surface area contributed by atoms with Gasteiger partial charge in [-0.3, -0.25) is 4.90 Å². The van der Waals surface area contributed by atoms with E-state index in [0.29, 0.717) is 13.2 Å². The Hall–Kier alpha value is -2.40. The summed E-state index contributed by atoms with van der Waals surface area (Å²) in [5.74, 6) is 2.79. The molecule has 5 heteroatoms. The summed E-state index contributed by atoms with van der Waals surface area (Å²) in [6.07, 6.45) is 0. The highest BCUT2D eigenvalue weighted by Crippen LogP contribution is 2.39. The summed E-state index contributed by atoms with van der Waals surface area (Å²) >= 11 is 0. The lowest BCUT2D eigenvalue weighted by Gasteiger charge is -2.37. The minimum Gasteiger partial charge on any atom is -0.492 e. The number of fused-ring (bicyclic) bond motifs is 1. The van der Waals surface area contributed by atoms with E-state index < -0.39 is 0 Å². The van der Waals surface area contributed by atoms with Gasteiger partial charge in [0.1, 0.15) is 25.6 Å². The van der Waals surface area contributed by atoms with Gasteiger partial charge in [0.25, 0.3) is 0 Å². The predicted octanol–water partition coefficient (Wildman–Crippen LogP) is 3.28. The molecule has 0 unspecified atom stereocenters. The maximum Gasteiger partial charge on any atom is 0.184 e. The number of anilines is 1. The summed E-state index contributed by atoms with van der Waals surface area (Å²) in [5, 5.41) is 0. The van der Waals surface area contributed by atoms with E-state index in [1.165, 1.54) is 11.1 Å². The zero-order valence-electron chi connectivity index (χ0n) is 16.2. The van der Waals surface area contributed by atoms with E-state index >= 15 is 0 Å². The van der Waals surface area contributed by atoms with Crippen LogP contribution in [0.2, 0.25) is 0 Å². The van der Waals surface area contributed by atoms with Crippen molar-refractivity contribution in [2.45, 2.75) is 13.8 Å². The molecular formula is C22H28N2O3. The molecule has 0 spiro atoms. The quantitative estimate of drug-likeness (QED) is 0.809. The Balaban J connectivity index is 1.30. The van der Waals surface area contributed by atoms with Crippen LogP contribution < -0.4 is 19.1 Å². The van der Waals surface area contributed by atoms with Crippen molar-refractivity contribution in [3.8, 4) is 17.2 Å². The van der Waals surface area contributed by atoms with E-state index in [1.807, 2.05) is 12.1 Å². The second-order valence-electron chi connectivity index (χ2n) is 7.20. The van der Waals surface area contributed by atoms with Gasteiger partial charge >= 0.3 is 0 Å². The number of ether oxygens (including phenoxy) is 3. The second kappa shape index (κ2) is 8.09. The molecular weight excluding hydrogens is 340 g/mol. The summed E-state index contributed by atoms with van der Waals surface area (Å²) in [4.78, 5) is 4.87. The molecule has 1 fully saturated rings. The Morgan fingerprint density at radius 1 is 0.889 bits per heavy atom. The molecule has 5 nitrogen and oxygen atoms in total. The van der Waals surface area contributed by atoms with Crippen LogP contribution in [0.4, 0.5) is 5.69 Å².